The zero-order chi connectivity index (χ0) is 23.1. The van der Waals surface area contributed by atoms with Crippen LogP contribution < -0.4 is 15.5 Å². The SMILES string of the molecule is CCC(C)CC=O.CNC1CCc2cccc3c2N(C1=O)C(C(=O)NCc1ccn[nH]1)C3. The summed E-state index contributed by atoms with van der Waals surface area (Å²) >= 11 is 0. The second kappa shape index (κ2) is 11.0. The first-order chi connectivity index (χ1) is 15.5. The lowest BCUT2D eigenvalue weighted by molar-refractivity contribution is -0.127. The van der Waals surface area contributed by atoms with Gasteiger partial charge >= 0.3 is 0 Å². The van der Waals surface area contributed by atoms with Gasteiger partial charge in [-0.3, -0.25) is 19.6 Å². The fraction of sp³-hybridized carbons (Fsp3) is 0.500. The van der Waals surface area contributed by atoms with Crippen molar-refractivity contribution in [2.45, 2.75) is 64.6 Å². The normalized spacial score (nSPS) is 20.0. The Labute approximate surface area is 189 Å². The maximum absolute atomic E-state index is 13.0. The van der Waals surface area contributed by atoms with E-state index in [0.29, 0.717) is 18.9 Å². The number of carbonyl (C=O) groups is 3. The van der Waals surface area contributed by atoms with E-state index in [1.165, 1.54) is 0 Å². The molecule has 2 amide bonds. The van der Waals surface area contributed by atoms with Crippen molar-refractivity contribution in [2.75, 3.05) is 11.9 Å². The average Bonchev–Trinajstić information content (AvgIpc) is 3.43. The molecule has 3 N–H and O–H groups in total. The molecule has 4 rings (SSSR count). The lowest BCUT2D eigenvalue weighted by Gasteiger charge is -2.27. The van der Waals surface area contributed by atoms with Crippen molar-refractivity contribution in [1.82, 2.24) is 20.8 Å². The predicted molar refractivity (Wildman–Crippen MR) is 123 cm³/mol. The Hall–Kier alpha value is -3.00. The molecule has 2 aromatic rings. The number of carbonyl (C=O) groups excluding carboxylic acids is 3. The Bertz CT molecular complexity index is 928. The van der Waals surface area contributed by atoms with Gasteiger partial charge < -0.3 is 15.4 Å². The third-order valence-corrected chi connectivity index (χ3v) is 6.26. The molecule has 8 nitrogen and oxygen atoms in total. The van der Waals surface area contributed by atoms with Gasteiger partial charge in [-0.15, -0.1) is 0 Å². The van der Waals surface area contributed by atoms with Crippen molar-refractivity contribution in [2.24, 2.45) is 5.92 Å². The molecule has 2 aliphatic heterocycles. The van der Waals surface area contributed by atoms with E-state index in [4.69, 9.17) is 0 Å². The number of para-hydroxylation sites is 1. The van der Waals surface area contributed by atoms with E-state index in [9.17, 15) is 14.4 Å². The quantitative estimate of drug-likeness (QED) is 0.573. The number of aldehydes is 1. The highest BCUT2D eigenvalue weighted by molar-refractivity contribution is 6.06. The second-order valence-electron chi connectivity index (χ2n) is 8.45. The number of aryl methyl sites for hydroxylation is 1. The molecular weight excluding hydrogens is 406 g/mol. The average molecular weight is 440 g/mol. The molecule has 0 bridgehead atoms. The van der Waals surface area contributed by atoms with Gasteiger partial charge in [0.25, 0.3) is 0 Å². The molecule has 3 unspecified atom stereocenters. The Morgan fingerprint density at radius 2 is 2.12 bits per heavy atom. The first-order valence-electron chi connectivity index (χ1n) is 11.3. The van der Waals surface area contributed by atoms with Crippen molar-refractivity contribution >= 4 is 23.8 Å². The van der Waals surface area contributed by atoms with E-state index in [1.807, 2.05) is 18.2 Å². The van der Waals surface area contributed by atoms with Gasteiger partial charge in [0.2, 0.25) is 11.8 Å². The third-order valence-electron chi connectivity index (χ3n) is 6.26. The summed E-state index contributed by atoms with van der Waals surface area (Å²) in [6.07, 6.45) is 6.59. The van der Waals surface area contributed by atoms with E-state index >= 15 is 0 Å². The second-order valence-corrected chi connectivity index (χ2v) is 8.45. The minimum Gasteiger partial charge on any atom is -0.349 e. The number of anilines is 1. The molecule has 0 radical (unpaired) electrons. The smallest absolute Gasteiger partial charge is 0.244 e. The summed E-state index contributed by atoms with van der Waals surface area (Å²) in [6.45, 7) is 4.54. The molecule has 0 saturated heterocycles. The Morgan fingerprint density at radius 1 is 1.34 bits per heavy atom. The van der Waals surface area contributed by atoms with Crippen molar-refractivity contribution in [3.63, 3.8) is 0 Å². The maximum atomic E-state index is 13.0. The molecule has 172 valence electrons. The monoisotopic (exact) mass is 439 g/mol. The van der Waals surface area contributed by atoms with Gasteiger partial charge in [-0.05, 0) is 43.0 Å². The first kappa shape index (κ1) is 23.7. The lowest BCUT2D eigenvalue weighted by atomic mass is 10.0. The van der Waals surface area contributed by atoms with Crippen LogP contribution in [0.15, 0.2) is 30.5 Å². The molecule has 2 aliphatic rings. The summed E-state index contributed by atoms with van der Waals surface area (Å²) in [6, 6.07) is 7.14. The van der Waals surface area contributed by atoms with Gasteiger partial charge in [0, 0.05) is 19.0 Å². The zero-order valence-electron chi connectivity index (χ0n) is 19.1. The number of hydrogen-bond donors (Lipinski definition) is 3. The summed E-state index contributed by atoms with van der Waals surface area (Å²) in [5.74, 6) is 0.423. The van der Waals surface area contributed by atoms with Crippen molar-refractivity contribution < 1.29 is 14.4 Å². The van der Waals surface area contributed by atoms with Crippen LogP contribution in [0.5, 0.6) is 0 Å². The highest BCUT2D eigenvalue weighted by Gasteiger charge is 2.43. The molecule has 0 aliphatic carbocycles. The lowest BCUT2D eigenvalue weighted by Crippen LogP contribution is -2.53. The van der Waals surface area contributed by atoms with E-state index in [0.717, 1.165) is 54.5 Å². The number of likely N-dealkylation sites (N-methyl/N-ethyl adjacent to an activating group) is 1. The van der Waals surface area contributed by atoms with E-state index in [1.54, 1.807) is 18.1 Å². The minimum atomic E-state index is -0.500. The largest absolute Gasteiger partial charge is 0.349 e. The Kier molecular flexibility index (Phi) is 8.16. The van der Waals surface area contributed by atoms with Crippen LogP contribution in [0.2, 0.25) is 0 Å². The zero-order valence-corrected chi connectivity index (χ0v) is 19.1. The van der Waals surface area contributed by atoms with Crippen LogP contribution in [0.1, 0.15) is 49.9 Å². The fourth-order valence-corrected chi connectivity index (χ4v) is 4.12. The molecule has 8 heteroatoms. The van der Waals surface area contributed by atoms with Crippen LogP contribution >= 0.6 is 0 Å². The number of benzene rings is 1. The number of aromatic amines is 1. The molecule has 3 heterocycles. The van der Waals surface area contributed by atoms with Crippen LogP contribution in [0.4, 0.5) is 5.69 Å². The molecule has 0 saturated carbocycles. The van der Waals surface area contributed by atoms with Crippen LogP contribution in [0.3, 0.4) is 0 Å². The van der Waals surface area contributed by atoms with Crippen LogP contribution in [-0.4, -0.2) is 47.4 Å². The summed E-state index contributed by atoms with van der Waals surface area (Å²) in [4.78, 5) is 37.3. The van der Waals surface area contributed by atoms with Crippen molar-refractivity contribution in [3.05, 3.63) is 47.3 Å². The minimum absolute atomic E-state index is 0.0205. The number of H-pyrrole nitrogens is 1. The topological polar surface area (TPSA) is 107 Å². The fourth-order valence-electron chi connectivity index (χ4n) is 4.12. The highest BCUT2D eigenvalue weighted by atomic mass is 16.2. The Morgan fingerprint density at radius 3 is 2.75 bits per heavy atom. The third kappa shape index (κ3) is 5.24. The summed E-state index contributed by atoms with van der Waals surface area (Å²) < 4.78 is 0. The van der Waals surface area contributed by atoms with Gasteiger partial charge in [0.1, 0.15) is 12.3 Å². The van der Waals surface area contributed by atoms with Gasteiger partial charge in [-0.1, -0.05) is 38.5 Å². The van der Waals surface area contributed by atoms with Gasteiger partial charge in [0.05, 0.1) is 24.0 Å². The van der Waals surface area contributed by atoms with E-state index in [2.05, 4.69) is 40.7 Å². The molecular formula is C24H33N5O3. The summed E-state index contributed by atoms with van der Waals surface area (Å²) in [7, 11) is 1.79. The van der Waals surface area contributed by atoms with Gasteiger partial charge in [-0.25, -0.2) is 0 Å². The van der Waals surface area contributed by atoms with Crippen LogP contribution in [0, 0.1) is 5.92 Å². The van der Waals surface area contributed by atoms with E-state index in [-0.39, 0.29) is 17.9 Å². The molecule has 0 fully saturated rings. The number of rotatable bonds is 7. The molecule has 1 aromatic heterocycles. The first-order valence-corrected chi connectivity index (χ1v) is 11.3. The van der Waals surface area contributed by atoms with Gasteiger partial charge in [0.15, 0.2) is 0 Å². The Balaban J connectivity index is 0.000000360. The number of amides is 2. The summed E-state index contributed by atoms with van der Waals surface area (Å²) in [5.41, 5.74) is 3.99. The number of hydrogen-bond acceptors (Lipinski definition) is 5. The summed E-state index contributed by atoms with van der Waals surface area (Å²) in [5, 5.41) is 12.7. The molecule has 3 atom stereocenters. The highest BCUT2D eigenvalue weighted by Crippen LogP contribution is 2.38. The molecule has 0 spiro atoms. The van der Waals surface area contributed by atoms with Crippen molar-refractivity contribution in [3.8, 4) is 0 Å². The van der Waals surface area contributed by atoms with Crippen molar-refractivity contribution in [1.29, 1.82) is 0 Å². The molecule has 1 aromatic carbocycles. The van der Waals surface area contributed by atoms with E-state index < -0.39 is 6.04 Å². The maximum Gasteiger partial charge on any atom is 0.244 e. The van der Waals surface area contributed by atoms with Crippen LogP contribution in [0.25, 0.3) is 0 Å². The number of aromatic nitrogens is 2. The van der Waals surface area contributed by atoms with Gasteiger partial charge in [-0.2, -0.15) is 5.10 Å². The predicted octanol–water partition coefficient (Wildman–Crippen LogP) is 2.14. The van der Waals surface area contributed by atoms with Crippen LogP contribution in [-0.2, 0) is 33.8 Å². The number of nitrogens with one attached hydrogen (secondary N) is 3. The molecule has 32 heavy (non-hydrogen) atoms. The number of nitrogens with zero attached hydrogens (tertiary/aromatic N) is 2. The standard InChI is InChI=1S/C18H21N5O2.C6H12O/c1-19-14-6-5-11-3-2-4-12-9-15(23(16(11)12)18(14)25)17(24)20-10-13-7-8-21-22-13;1-3-6(2)4-5-7/h2-4,7-8,14-15,19H,5-6,9-10H2,1H3,(H,20,24)(H,21,22);5-6H,3-4H2,1-2H3.